The summed E-state index contributed by atoms with van der Waals surface area (Å²) in [6, 6.07) is 5.88. The first-order valence-electron chi connectivity index (χ1n) is 13.0. The van der Waals surface area contributed by atoms with Crippen molar-refractivity contribution in [3.05, 3.63) is 29.3 Å². The highest BCUT2D eigenvalue weighted by Crippen LogP contribution is 2.41. The molecule has 0 radical (unpaired) electrons. The summed E-state index contributed by atoms with van der Waals surface area (Å²) in [6.07, 6.45) is 3.53. The van der Waals surface area contributed by atoms with Gasteiger partial charge in [0.05, 0.1) is 12.1 Å². The van der Waals surface area contributed by atoms with Gasteiger partial charge in [-0.1, -0.05) is 26.8 Å². The zero-order chi connectivity index (χ0) is 25.9. The Kier molecular flexibility index (Phi) is 8.90. The fourth-order valence-corrected chi connectivity index (χ4v) is 5.51. The van der Waals surface area contributed by atoms with Crippen LogP contribution in [0.4, 0.5) is 0 Å². The van der Waals surface area contributed by atoms with Gasteiger partial charge in [-0.2, -0.15) is 0 Å². The van der Waals surface area contributed by atoms with Crippen LogP contribution < -0.4 is 4.74 Å². The van der Waals surface area contributed by atoms with Gasteiger partial charge in [0.2, 0.25) is 5.91 Å². The van der Waals surface area contributed by atoms with E-state index in [-0.39, 0.29) is 31.1 Å². The van der Waals surface area contributed by atoms with Gasteiger partial charge < -0.3 is 24.6 Å². The van der Waals surface area contributed by atoms with E-state index in [9.17, 15) is 15.0 Å². The van der Waals surface area contributed by atoms with Crippen LogP contribution in [0.25, 0.3) is 0 Å². The van der Waals surface area contributed by atoms with E-state index < -0.39 is 11.2 Å². The van der Waals surface area contributed by atoms with Crippen molar-refractivity contribution in [3.63, 3.8) is 0 Å². The molecule has 1 aromatic rings. The molecule has 2 fully saturated rings. The first-order valence-corrected chi connectivity index (χ1v) is 13.0. The highest BCUT2D eigenvalue weighted by molar-refractivity contribution is 5.77. The lowest BCUT2D eigenvalue weighted by Crippen LogP contribution is -2.54. The van der Waals surface area contributed by atoms with Crippen molar-refractivity contribution in [2.24, 2.45) is 11.3 Å². The highest BCUT2D eigenvalue weighted by Gasteiger charge is 2.42. The minimum atomic E-state index is -1.27. The summed E-state index contributed by atoms with van der Waals surface area (Å²) in [4.78, 5) is 16.4. The first-order chi connectivity index (χ1) is 16.3. The average Bonchev–Trinajstić information content (AvgIpc) is 2.93. The van der Waals surface area contributed by atoms with Gasteiger partial charge in [-0.3, -0.25) is 9.69 Å². The third-order valence-corrected chi connectivity index (χ3v) is 7.95. The number of hydrogen-bond donors (Lipinski definition) is 2. The molecule has 1 saturated carbocycles. The van der Waals surface area contributed by atoms with Crippen molar-refractivity contribution >= 4 is 5.91 Å². The lowest BCUT2D eigenvalue weighted by atomic mass is 9.68. The molecule has 35 heavy (non-hydrogen) atoms. The lowest BCUT2D eigenvalue weighted by Gasteiger charge is -2.43. The molecule has 7 nitrogen and oxygen atoms in total. The second-order valence-corrected chi connectivity index (χ2v) is 12.1. The number of carbonyl (C=O) groups excluding carboxylic acids is 1. The normalized spacial score (nSPS) is 28.6. The Balaban J connectivity index is 1.71. The second kappa shape index (κ2) is 11.2. The van der Waals surface area contributed by atoms with E-state index in [1.807, 2.05) is 25.1 Å². The summed E-state index contributed by atoms with van der Waals surface area (Å²) in [5.41, 5.74) is 0.517. The Morgan fingerprint density at radius 1 is 1.06 bits per heavy atom. The molecule has 1 aliphatic carbocycles. The molecule has 0 bridgehead atoms. The highest BCUT2D eigenvalue weighted by atomic mass is 16.5. The maximum atomic E-state index is 12.7. The van der Waals surface area contributed by atoms with Crippen LogP contribution in [0.1, 0.15) is 57.6 Å². The molecule has 3 rings (SSSR count). The molecule has 1 saturated heterocycles. The Morgan fingerprint density at radius 3 is 2.34 bits per heavy atom. The summed E-state index contributed by atoms with van der Waals surface area (Å²) in [5, 5.41) is 23.1. The zero-order valence-electron chi connectivity index (χ0n) is 22.6. The molecular weight excluding hydrogens is 444 g/mol. The van der Waals surface area contributed by atoms with Crippen molar-refractivity contribution in [2.75, 3.05) is 53.0 Å². The molecule has 2 aliphatic rings. The Morgan fingerprint density at radius 2 is 1.74 bits per heavy atom. The minimum absolute atomic E-state index is 0.0216. The third kappa shape index (κ3) is 7.66. The Bertz CT molecular complexity index is 859. The number of ether oxygens (including phenoxy) is 2. The number of carbonyl (C=O) groups is 1. The summed E-state index contributed by atoms with van der Waals surface area (Å²) < 4.78 is 11.1. The SMILES string of the molecule is COCC(=O)N1CCN(CC2(O)CCC(C(C)(C)C)CC2)C[C@](O)(COc2ccc(C)c(C)c2)C1. The van der Waals surface area contributed by atoms with Crippen LogP contribution in [-0.2, 0) is 9.53 Å². The van der Waals surface area contributed by atoms with Gasteiger partial charge in [-0.05, 0) is 74.1 Å². The lowest BCUT2D eigenvalue weighted by molar-refractivity contribution is -0.138. The van der Waals surface area contributed by atoms with E-state index in [2.05, 4.69) is 32.6 Å². The van der Waals surface area contributed by atoms with Crippen LogP contribution in [0, 0.1) is 25.2 Å². The van der Waals surface area contributed by atoms with E-state index in [4.69, 9.17) is 9.47 Å². The van der Waals surface area contributed by atoms with Gasteiger partial charge in [-0.15, -0.1) is 0 Å². The molecule has 2 N–H and O–H groups in total. The third-order valence-electron chi connectivity index (χ3n) is 7.95. The molecule has 0 unspecified atom stereocenters. The maximum Gasteiger partial charge on any atom is 0.248 e. The number of aryl methyl sites for hydroxylation is 2. The fraction of sp³-hybridized carbons (Fsp3) is 0.750. The van der Waals surface area contributed by atoms with Gasteiger partial charge in [0.25, 0.3) is 0 Å². The predicted octanol–water partition coefficient (Wildman–Crippen LogP) is 3.17. The van der Waals surface area contributed by atoms with Crippen molar-refractivity contribution in [1.82, 2.24) is 9.80 Å². The molecular formula is C28H46N2O5. The van der Waals surface area contributed by atoms with Crippen LogP contribution in [0.15, 0.2) is 18.2 Å². The van der Waals surface area contributed by atoms with Crippen molar-refractivity contribution in [1.29, 1.82) is 0 Å². The average molecular weight is 491 g/mol. The molecule has 198 valence electrons. The second-order valence-electron chi connectivity index (χ2n) is 12.1. The number of β-amino-alcohol motifs (C(OH)–C–C–N with tert-alkyl or cyclic N) is 2. The summed E-state index contributed by atoms with van der Waals surface area (Å²) >= 11 is 0. The molecule has 1 amide bonds. The number of hydrogen-bond acceptors (Lipinski definition) is 6. The number of methoxy groups -OCH3 is 1. The zero-order valence-corrected chi connectivity index (χ0v) is 22.6. The Hall–Kier alpha value is -1.67. The van der Waals surface area contributed by atoms with Crippen LogP contribution in [-0.4, -0.2) is 90.2 Å². The molecule has 0 aromatic heterocycles. The summed E-state index contributed by atoms with van der Waals surface area (Å²) in [7, 11) is 1.50. The van der Waals surface area contributed by atoms with Crippen molar-refractivity contribution < 1.29 is 24.5 Å². The molecule has 1 aromatic carbocycles. The van der Waals surface area contributed by atoms with Crippen LogP contribution in [0.3, 0.4) is 0 Å². The molecule has 7 heteroatoms. The number of nitrogens with zero attached hydrogens (tertiary/aromatic N) is 2. The fourth-order valence-electron chi connectivity index (χ4n) is 5.51. The molecule has 1 atom stereocenters. The van der Waals surface area contributed by atoms with Crippen LogP contribution in [0.2, 0.25) is 0 Å². The van der Waals surface area contributed by atoms with E-state index >= 15 is 0 Å². The van der Waals surface area contributed by atoms with Crippen LogP contribution in [0.5, 0.6) is 5.75 Å². The number of benzene rings is 1. The molecule has 1 aliphatic heterocycles. The quantitative estimate of drug-likeness (QED) is 0.611. The molecule has 0 spiro atoms. The van der Waals surface area contributed by atoms with Crippen LogP contribution >= 0.6 is 0 Å². The van der Waals surface area contributed by atoms with Crippen molar-refractivity contribution in [3.8, 4) is 5.75 Å². The van der Waals surface area contributed by atoms with Gasteiger partial charge in [0.1, 0.15) is 24.6 Å². The number of rotatable bonds is 7. The Labute approximate surface area is 211 Å². The predicted molar refractivity (Wildman–Crippen MR) is 138 cm³/mol. The van der Waals surface area contributed by atoms with E-state index in [0.29, 0.717) is 37.8 Å². The number of amides is 1. The first kappa shape index (κ1) is 27.9. The summed E-state index contributed by atoms with van der Waals surface area (Å²) in [6.45, 7) is 13.0. The molecule has 1 heterocycles. The monoisotopic (exact) mass is 490 g/mol. The van der Waals surface area contributed by atoms with Crippen molar-refractivity contribution in [2.45, 2.75) is 71.5 Å². The number of aliphatic hydroxyl groups is 2. The van der Waals surface area contributed by atoms with Gasteiger partial charge >= 0.3 is 0 Å². The van der Waals surface area contributed by atoms with Gasteiger partial charge in [0.15, 0.2) is 0 Å². The standard InChI is InChI=1S/C28H46N2O5/c1-21-7-8-24(15-22(21)2)35-20-28(33)18-29(13-14-30(19-28)25(31)16-34-6)17-27(32)11-9-23(10-12-27)26(3,4)5/h7-8,15,23,32-33H,9-14,16-20H2,1-6H3/t23?,27?,28-/m1/s1. The smallest absolute Gasteiger partial charge is 0.248 e. The summed E-state index contributed by atoms with van der Waals surface area (Å²) in [5.74, 6) is 1.16. The largest absolute Gasteiger partial charge is 0.490 e. The van der Waals surface area contributed by atoms with E-state index in [1.54, 1.807) is 4.90 Å². The maximum absolute atomic E-state index is 12.7. The van der Waals surface area contributed by atoms with Gasteiger partial charge in [-0.25, -0.2) is 0 Å². The minimum Gasteiger partial charge on any atom is -0.490 e. The topological polar surface area (TPSA) is 82.5 Å². The van der Waals surface area contributed by atoms with Gasteiger partial charge in [0, 0.05) is 33.3 Å². The van der Waals surface area contributed by atoms with E-state index in [1.165, 1.54) is 12.7 Å². The van der Waals surface area contributed by atoms with E-state index in [0.717, 1.165) is 31.2 Å².